The van der Waals surface area contributed by atoms with Gasteiger partial charge in [0.05, 0.1) is 20.8 Å². The van der Waals surface area contributed by atoms with Crippen molar-refractivity contribution in [2.24, 2.45) is 0 Å². The van der Waals surface area contributed by atoms with Gasteiger partial charge in [0, 0.05) is 43.8 Å². The first-order chi connectivity index (χ1) is 23.2. The first kappa shape index (κ1) is 38.4. The Labute approximate surface area is 290 Å². The topological polar surface area (TPSA) is 87.2 Å². The van der Waals surface area contributed by atoms with E-state index in [4.69, 9.17) is 0 Å². The highest BCUT2D eigenvalue weighted by Gasteiger charge is 2.23. The van der Waals surface area contributed by atoms with Crippen LogP contribution in [-0.4, -0.2) is 46.9 Å². The highest BCUT2D eigenvalue weighted by molar-refractivity contribution is 7.22. The summed E-state index contributed by atoms with van der Waals surface area (Å²) >= 11 is 1.84. The average Bonchev–Trinajstić information content (AvgIpc) is 3.52. The first-order valence-electron chi connectivity index (χ1n) is 16.2. The van der Waals surface area contributed by atoms with Gasteiger partial charge in [0.25, 0.3) is 0 Å². The molecule has 254 valence electrons. The monoisotopic (exact) mass is 687 g/mol. The minimum absolute atomic E-state index is 0.108. The lowest BCUT2D eigenvalue weighted by Gasteiger charge is -2.25. The molecule has 0 saturated heterocycles. The molecule has 3 aromatic heterocycles. The Bertz CT molecular complexity index is 1700. The molecule has 0 radical (unpaired) electrons. The van der Waals surface area contributed by atoms with Crippen LogP contribution in [0.1, 0.15) is 62.1 Å². The number of thiophene rings is 1. The molecule has 5 rings (SSSR count). The number of nitrogens with zero attached hydrogens (tertiary/aromatic N) is 3. The number of rotatable bonds is 12. The van der Waals surface area contributed by atoms with Crippen molar-refractivity contribution in [1.29, 1.82) is 0 Å². The molecule has 3 heterocycles. The molecule has 0 aliphatic heterocycles. The van der Waals surface area contributed by atoms with Crippen molar-refractivity contribution >= 4 is 48.8 Å². The highest BCUT2D eigenvalue weighted by Crippen LogP contribution is 2.43. The maximum atomic E-state index is 13.0. The zero-order chi connectivity index (χ0) is 34.9. The minimum Gasteiger partial charge on any atom is -0.326 e. The van der Waals surface area contributed by atoms with Gasteiger partial charge in [-0.15, -0.1) is 20.6 Å². The number of anilines is 1. The van der Waals surface area contributed by atoms with Crippen molar-refractivity contribution in [3.05, 3.63) is 114 Å². The van der Waals surface area contributed by atoms with E-state index in [0.717, 1.165) is 48.5 Å². The summed E-state index contributed by atoms with van der Waals surface area (Å²) in [5.74, 6) is 0.331. The summed E-state index contributed by atoms with van der Waals surface area (Å²) in [4.78, 5) is 33.2. The number of carbonyl (C=O) groups excluding carboxylic acids is 2. The van der Waals surface area contributed by atoms with E-state index in [0.29, 0.717) is 17.7 Å². The van der Waals surface area contributed by atoms with E-state index in [-0.39, 0.29) is 11.7 Å². The number of pyridine rings is 2. The van der Waals surface area contributed by atoms with Gasteiger partial charge in [0.15, 0.2) is 0 Å². The fourth-order valence-corrected chi connectivity index (χ4v) is 6.09. The van der Waals surface area contributed by atoms with Gasteiger partial charge < -0.3 is 15.5 Å². The van der Waals surface area contributed by atoms with E-state index in [2.05, 4.69) is 60.7 Å². The number of allylic oxidation sites excluding steroid dienone is 4. The molecule has 1 aliphatic rings. The normalized spacial score (nSPS) is 12.8. The van der Waals surface area contributed by atoms with Gasteiger partial charge in [0.2, 0.25) is 12.3 Å². The number of hydrogen-bond acceptors (Lipinski definition) is 6. The lowest BCUT2D eigenvalue weighted by Crippen LogP contribution is -2.15. The zero-order valence-electron chi connectivity index (χ0n) is 28.3. The zero-order valence-corrected chi connectivity index (χ0v) is 30.3. The molecule has 1 fully saturated rings. The number of fused-ring (bicyclic) bond motifs is 1. The number of halogens is 1. The second kappa shape index (κ2) is 20.4. The number of benzene rings is 1. The molecule has 48 heavy (non-hydrogen) atoms. The van der Waals surface area contributed by atoms with Crippen molar-refractivity contribution in [3.63, 3.8) is 0 Å². The molecular formula is C38H47FN5O2PS. The van der Waals surface area contributed by atoms with Crippen molar-refractivity contribution in [3.8, 4) is 10.6 Å². The fraction of sp³-hybridized carbons (Fsp3) is 0.316. The Balaban J connectivity index is 0.000000221. The van der Waals surface area contributed by atoms with Crippen LogP contribution in [0.2, 0.25) is 0 Å². The Morgan fingerprint density at radius 1 is 1.19 bits per heavy atom. The lowest BCUT2D eigenvalue weighted by atomic mass is 9.80. The molecule has 4 aromatic rings. The molecule has 1 unspecified atom stereocenters. The maximum Gasteiger partial charge on any atom is 0.224 e. The molecule has 1 atom stereocenters. The quantitative estimate of drug-likeness (QED) is 0.0673. The van der Waals surface area contributed by atoms with Crippen molar-refractivity contribution in [1.82, 2.24) is 20.2 Å². The number of hydrogen-bond donors (Lipinski definition) is 2. The van der Waals surface area contributed by atoms with E-state index in [1.54, 1.807) is 45.2 Å². The summed E-state index contributed by atoms with van der Waals surface area (Å²) in [6.07, 6.45) is 17.3. The summed E-state index contributed by atoms with van der Waals surface area (Å²) in [6, 6.07) is 13.3. The van der Waals surface area contributed by atoms with E-state index in [9.17, 15) is 14.0 Å². The second-order valence-corrected chi connectivity index (χ2v) is 12.9. The minimum atomic E-state index is -0.297. The van der Waals surface area contributed by atoms with Gasteiger partial charge in [-0.1, -0.05) is 44.2 Å². The standard InChI is InChI=1S/C19H22N3PS.C10H12FNO.C9H13NO/c23-9-8-20-11-13-4-5-16(22-12-13)18-10-17-19(24-18)15(6-7-21-17)14-2-1-3-14;1-3-10(13)12-8-5-4-7(2)9(11)6-8;1-4-6-9(7-5-2)10(3)8-11/h4-7,10,12,14,20H,1-3,8-9,11,23H2;4-6H,3H2,1-2H3,(H,12,13);4-8H,1H2,2-3H3/b;;7-5-,9-6+. The lowest BCUT2D eigenvalue weighted by molar-refractivity contribution is -0.116. The van der Waals surface area contributed by atoms with Crippen LogP contribution in [-0.2, 0) is 16.1 Å². The third-order valence-corrected chi connectivity index (χ3v) is 9.17. The number of aromatic nitrogens is 2. The van der Waals surface area contributed by atoms with Crippen LogP contribution in [0, 0.1) is 12.7 Å². The van der Waals surface area contributed by atoms with Crippen LogP contribution in [0.5, 0.6) is 0 Å². The van der Waals surface area contributed by atoms with Crippen LogP contribution in [0.3, 0.4) is 0 Å². The number of aryl methyl sites for hydroxylation is 1. The van der Waals surface area contributed by atoms with Crippen LogP contribution in [0.25, 0.3) is 20.8 Å². The van der Waals surface area contributed by atoms with E-state index in [1.807, 2.05) is 42.8 Å². The Hall–Kier alpha value is -4.04. The third kappa shape index (κ3) is 11.6. The molecule has 10 heteroatoms. The Morgan fingerprint density at radius 2 is 1.98 bits per heavy atom. The van der Waals surface area contributed by atoms with E-state index in [1.165, 1.54) is 50.9 Å². The van der Waals surface area contributed by atoms with Gasteiger partial charge in [0.1, 0.15) is 5.82 Å². The number of amides is 2. The second-order valence-electron chi connectivity index (χ2n) is 11.3. The number of carbonyl (C=O) groups is 2. The Morgan fingerprint density at radius 3 is 2.56 bits per heavy atom. The van der Waals surface area contributed by atoms with Crippen LogP contribution in [0.4, 0.5) is 10.1 Å². The molecule has 1 aromatic carbocycles. The molecule has 2 amide bonds. The largest absolute Gasteiger partial charge is 0.326 e. The summed E-state index contributed by atoms with van der Waals surface area (Å²) in [5, 5.41) is 5.98. The highest BCUT2D eigenvalue weighted by atomic mass is 32.1. The summed E-state index contributed by atoms with van der Waals surface area (Å²) in [5.41, 5.74) is 6.80. The molecule has 1 aliphatic carbocycles. The van der Waals surface area contributed by atoms with Gasteiger partial charge in [-0.2, -0.15) is 0 Å². The van der Waals surface area contributed by atoms with E-state index >= 15 is 0 Å². The first-order valence-corrected chi connectivity index (χ1v) is 17.8. The Kier molecular flexibility index (Phi) is 16.3. The summed E-state index contributed by atoms with van der Waals surface area (Å²) in [7, 11) is 4.43. The molecule has 0 bridgehead atoms. The summed E-state index contributed by atoms with van der Waals surface area (Å²) < 4.78 is 14.3. The van der Waals surface area contributed by atoms with Crippen LogP contribution >= 0.6 is 20.6 Å². The van der Waals surface area contributed by atoms with Gasteiger partial charge in [-0.25, -0.2) is 4.39 Å². The predicted octanol–water partition coefficient (Wildman–Crippen LogP) is 8.79. The summed E-state index contributed by atoms with van der Waals surface area (Å²) in [6.45, 7) is 10.8. The fourth-order valence-electron chi connectivity index (χ4n) is 4.70. The third-order valence-electron chi connectivity index (χ3n) is 7.68. The molecule has 7 nitrogen and oxygen atoms in total. The smallest absolute Gasteiger partial charge is 0.224 e. The predicted molar refractivity (Wildman–Crippen MR) is 203 cm³/mol. The number of likely N-dealkylation sites (N-methyl/N-ethyl adjacent to an activating group) is 1. The van der Waals surface area contributed by atoms with Crippen molar-refractivity contribution < 1.29 is 14.0 Å². The maximum absolute atomic E-state index is 13.0. The van der Waals surface area contributed by atoms with Crippen molar-refractivity contribution in [2.75, 3.05) is 25.1 Å². The SMILES string of the molecule is C=C/C=C(\C=C/C)N(C)C=O.CCC(=O)Nc1ccc(C)c(F)c1.PCCNCc1ccc(-c2cc3nccc(C4CCC4)c3s2)nc1. The van der Waals surface area contributed by atoms with Crippen molar-refractivity contribution in [2.45, 2.75) is 58.9 Å². The van der Waals surface area contributed by atoms with Gasteiger partial charge in [-0.05, 0) is 104 Å². The molecular weight excluding hydrogens is 640 g/mol. The molecule has 0 spiro atoms. The average molecular weight is 688 g/mol. The van der Waals surface area contributed by atoms with Crippen LogP contribution in [0.15, 0.2) is 91.4 Å². The van der Waals surface area contributed by atoms with Gasteiger partial charge in [-0.3, -0.25) is 19.6 Å². The van der Waals surface area contributed by atoms with Gasteiger partial charge >= 0.3 is 0 Å². The molecule has 2 N–H and O–H groups in total. The number of nitrogens with one attached hydrogen (secondary N) is 2. The van der Waals surface area contributed by atoms with Crippen LogP contribution < -0.4 is 10.6 Å². The molecule has 1 saturated carbocycles. The van der Waals surface area contributed by atoms with E-state index < -0.39 is 0 Å².